The van der Waals surface area contributed by atoms with Crippen LogP contribution in [0.5, 0.6) is 0 Å². The molecule has 2 aromatic rings. The molecular weight excluding hydrogens is 470 g/mol. The molecule has 1 saturated carbocycles. The summed E-state index contributed by atoms with van der Waals surface area (Å²) in [5.41, 5.74) is 1.28. The maximum absolute atomic E-state index is 13.9. The molecule has 1 amide bonds. The second-order valence-electron chi connectivity index (χ2n) is 10.2. The number of anilines is 1. The highest BCUT2D eigenvalue weighted by Crippen LogP contribution is 2.32. The Morgan fingerprint density at radius 1 is 1.05 bits per heavy atom. The number of esters is 1. The van der Waals surface area contributed by atoms with Crippen LogP contribution in [0.2, 0.25) is 0 Å². The lowest BCUT2D eigenvalue weighted by molar-refractivity contribution is -0.130. The zero-order chi connectivity index (χ0) is 25.8. The molecule has 8 heteroatoms. The van der Waals surface area contributed by atoms with Crippen molar-refractivity contribution in [3.8, 4) is 0 Å². The molecule has 0 radical (unpaired) electrons. The van der Waals surface area contributed by atoms with Crippen molar-refractivity contribution in [2.24, 2.45) is 5.92 Å². The third-order valence-electron chi connectivity index (χ3n) is 7.91. The van der Waals surface area contributed by atoms with Crippen molar-refractivity contribution < 1.29 is 19.1 Å². The van der Waals surface area contributed by atoms with Crippen molar-refractivity contribution in [1.82, 2.24) is 9.47 Å². The lowest BCUT2D eigenvalue weighted by atomic mass is 9.87. The summed E-state index contributed by atoms with van der Waals surface area (Å²) in [4.78, 5) is 43.8. The molecule has 1 aromatic heterocycles. The summed E-state index contributed by atoms with van der Waals surface area (Å²) >= 11 is 0. The molecule has 2 aliphatic heterocycles. The van der Waals surface area contributed by atoms with Gasteiger partial charge in [0.25, 0.3) is 11.5 Å². The van der Waals surface area contributed by atoms with Gasteiger partial charge < -0.3 is 23.8 Å². The summed E-state index contributed by atoms with van der Waals surface area (Å²) in [6, 6.07) is 7.84. The van der Waals surface area contributed by atoms with Crippen LogP contribution >= 0.6 is 0 Å². The lowest BCUT2D eigenvalue weighted by Gasteiger charge is -2.37. The molecule has 1 aromatic carbocycles. The summed E-state index contributed by atoms with van der Waals surface area (Å²) in [5, 5.41) is 0.871. The molecule has 2 fully saturated rings. The number of amides is 1. The molecular formula is C29H37N3O5. The Morgan fingerprint density at radius 3 is 2.51 bits per heavy atom. The van der Waals surface area contributed by atoms with E-state index in [0.717, 1.165) is 23.7 Å². The maximum Gasteiger partial charge on any atom is 0.345 e. The van der Waals surface area contributed by atoms with Crippen LogP contribution in [0.3, 0.4) is 0 Å². The highest BCUT2D eigenvalue weighted by molar-refractivity contribution is 6.05. The normalized spacial score (nSPS) is 18.6. The van der Waals surface area contributed by atoms with Crippen LogP contribution in [0, 0.1) is 5.92 Å². The second-order valence-corrected chi connectivity index (χ2v) is 10.2. The minimum atomic E-state index is -0.581. The molecule has 0 atom stereocenters. The molecule has 3 aliphatic rings. The standard InChI is InChI=1S/C29H37N3O5/c1-2-36-29(35)25-26(30-16-18-31(19-17-30)27(33)24-13-8-20-37-24)22-11-6-7-12-23(22)32(28(25)34)15-14-21-9-4-3-5-10-21/h6-7,11-13,21H,2-5,8-10,14-20H2,1H3. The minimum Gasteiger partial charge on any atom is -0.488 e. The monoisotopic (exact) mass is 507 g/mol. The van der Waals surface area contributed by atoms with Crippen molar-refractivity contribution >= 4 is 28.5 Å². The van der Waals surface area contributed by atoms with Gasteiger partial charge in [-0.1, -0.05) is 50.3 Å². The Kier molecular flexibility index (Phi) is 7.82. The van der Waals surface area contributed by atoms with Crippen molar-refractivity contribution in [3.63, 3.8) is 0 Å². The summed E-state index contributed by atoms with van der Waals surface area (Å²) in [6.07, 6.45) is 9.76. The summed E-state index contributed by atoms with van der Waals surface area (Å²) in [6.45, 7) is 5.10. The Bertz CT molecular complexity index is 1240. The number of benzene rings is 1. The average molecular weight is 508 g/mol. The van der Waals surface area contributed by atoms with Crippen LogP contribution in [0.25, 0.3) is 10.9 Å². The van der Waals surface area contributed by atoms with E-state index in [9.17, 15) is 14.4 Å². The predicted molar refractivity (Wildman–Crippen MR) is 143 cm³/mol. The molecule has 198 valence electrons. The molecule has 1 saturated heterocycles. The number of fused-ring (bicyclic) bond motifs is 1. The van der Waals surface area contributed by atoms with Crippen LogP contribution in [-0.4, -0.2) is 60.7 Å². The number of ether oxygens (including phenoxy) is 2. The van der Waals surface area contributed by atoms with Gasteiger partial charge in [0.1, 0.15) is 5.56 Å². The first-order valence-electron chi connectivity index (χ1n) is 13.8. The molecule has 37 heavy (non-hydrogen) atoms. The largest absolute Gasteiger partial charge is 0.488 e. The van der Waals surface area contributed by atoms with Gasteiger partial charge in [0, 0.05) is 44.5 Å². The van der Waals surface area contributed by atoms with E-state index in [-0.39, 0.29) is 23.6 Å². The van der Waals surface area contributed by atoms with Crippen LogP contribution in [0.4, 0.5) is 5.69 Å². The van der Waals surface area contributed by atoms with Gasteiger partial charge in [0.2, 0.25) is 0 Å². The molecule has 5 rings (SSSR count). The third kappa shape index (κ3) is 5.24. The first-order chi connectivity index (χ1) is 18.1. The number of aryl methyl sites for hydroxylation is 1. The van der Waals surface area contributed by atoms with Crippen molar-refractivity contribution in [2.75, 3.05) is 44.3 Å². The number of aromatic nitrogens is 1. The van der Waals surface area contributed by atoms with Crippen molar-refractivity contribution in [2.45, 2.75) is 58.4 Å². The van der Waals surface area contributed by atoms with E-state index in [2.05, 4.69) is 4.90 Å². The van der Waals surface area contributed by atoms with Gasteiger partial charge in [-0.3, -0.25) is 9.59 Å². The number of pyridine rings is 1. The summed E-state index contributed by atoms with van der Waals surface area (Å²) in [7, 11) is 0. The average Bonchev–Trinajstić information content (AvgIpc) is 3.47. The lowest BCUT2D eigenvalue weighted by Crippen LogP contribution is -2.50. The first kappa shape index (κ1) is 25.4. The van der Waals surface area contributed by atoms with E-state index < -0.39 is 5.97 Å². The van der Waals surface area contributed by atoms with Crippen LogP contribution < -0.4 is 10.5 Å². The molecule has 0 unspecified atom stereocenters. The van der Waals surface area contributed by atoms with E-state index in [0.29, 0.717) is 56.7 Å². The Hall–Kier alpha value is -3.29. The number of hydrogen-bond acceptors (Lipinski definition) is 6. The number of carbonyl (C=O) groups is 2. The minimum absolute atomic E-state index is 0.0919. The van der Waals surface area contributed by atoms with Gasteiger partial charge >= 0.3 is 5.97 Å². The third-order valence-corrected chi connectivity index (χ3v) is 7.91. The number of nitrogens with zero attached hydrogens (tertiary/aromatic N) is 3. The number of para-hydroxylation sites is 1. The topological polar surface area (TPSA) is 81.1 Å². The van der Waals surface area contributed by atoms with Crippen LogP contribution in [-0.2, 0) is 20.8 Å². The highest BCUT2D eigenvalue weighted by Gasteiger charge is 2.31. The van der Waals surface area contributed by atoms with Gasteiger partial charge in [-0.15, -0.1) is 0 Å². The van der Waals surface area contributed by atoms with Gasteiger partial charge in [0.15, 0.2) is 5.76 Å². The molecule has 1 aliphatic carbocycles. The quantitative estimate of drug-likeness (QED) is 0.525. The number of hydrogen-bond donors (Lipinski definition) is 0. The molecule has 0 spiro atoms. The number of rotatable bonds is 7. The molecule has 3 heterocycles. The van der Waals surface area contributed by atoms with Crippen LogP contribution in [0.15, 0.2) is 40.9 Å². The van der Waals surface area contributed by atoms with Crippen molar-refractivity contribution in [3.05, 3.63) is 52.0 Å². The first-order valence-corrected chi connectivity index (χ1v) is 13.8. The van der Waals surface area contributed by atoms with Gasteiger partial charge in [-0.2, -0.15) is 0 Å². The van der Waals surface area contributed by atoms with E-state index in [1.54, 1.807) is 16.4 Å². The fourth-order valence-corrected chi connectivity index (χ4v) is 5.97. The smallest absolute Gasteiger partial charge is 0.345 e. The Labute approximate surface area is 217 Å². The van der Waals surface area contributed by atoms with Crippen molar-refractivity contribution in [1.29, 1.82) is 0 Å². The zero-order valence-corrected chi connectivity index (χ0v) is 21.7. The Balaban J connectivity index is 1.48. The maximum atomic E-state index is 13.9. The van der Waals surface area contributed by atoms with Gasteiger partial charge in [-0.05, 0) is 31.4 Å². The number of carbonyl (C=O) groups excluding carboxylic acids is 2. The second kappa shape index (κ2) is 11.4. The molecule has 8 nitrogen and oxygen atoms in total. The Morgan fingerprint density at radius 2 is 1.81 bits per heavy atom. The fraction of sp³-hybridized carbons (Fsp3) is 0.552. The zero-order valence-electron chi connectivity index (χ0n) is 21.7. The van der Waals surface area contributed by atoms with E-state index in [1.165, 1.54) is 32.1 Å². The summed E-state index contributed by atoms with van der Waals surface area (Å²) < 4.78 is 12.6. The van der Waals surface area contributed by atoms with E-state index >= 15 is 0 Å². The SMILES string of the molecule is CCOC(=O)c1c(N2CCN(C(=O)C3=CCCO3)CC2)c2ccccc2n(CCC2CCCCC2)c1=O. The van der Waals surface area contributed by atoms with E-state index in [4.69, 9.17) is 9.47 Å². The van der Waals surface area contributed by atoms with Gasteiger partial charge in [0.05, 0.1) is 24.4 Å². The number of piperazine rings is 1. The van der Waals surface area contributed by atoms with E-state index in [1.807, 2.05) is 30.3 Å². The molecule has 0 N–H and O–H groups in total. The highest BCUT2D eigenvalue weighted by atomic mass is 16.5. The van der Waals surface area contributed by atoms with Crippen LogP contribution in [0.1, 0.15) is 62.2 Å². The summed E-state index contributed by atoms with van der Waals surface area (Å²) in [5.74, 6) is 0.370. The predicted octanol–water partition coefficient (Wildman–Crippen LogP) is 4.10. The van der Waals surface area contributed by atoms with Gasteiger partial charge in [-0.25, -0.2) is 4.79 Å². The molecule has 0 bridgehead atoms. The fourth-order valence-electron chi connectivity index (χ4n) is 5.97.